The van der Waals surface area contributed by atoms with E-state index in [0.717, 1.165) is 13.1 Å². The second-order valence-corrected chi connectivity index (χ2v) is 11.4. The third-order valence-corrected chi connectivity index (χ3v) is 8.60. The van der Waals surface area contributed by atoms with Crippen LogP contribution >= 0.6 is 0 Å². The van der Waals surface area contributed by atoms with E-state index in [1.807, 2.05) is 12.1 Å². The molecule has 0 bridgehead atoms. The lowest BCUT2D eigenvalue weighted by atomic mass is 9.96. The molecular weight excluding hydrogens is 582 g/mol. The number of hydrogen-bond donors (Lipinski definition) is 0. The van der Waals surface area contributed by atoms with Gasteiger partial charge in [0.25, 0.3) is 5.91 Å². The van der Waals surface area contributed by atoms with Crippen LogP contribution in [0.25, 0.3) is 0 Å². The van der Waals surface area contributed by atoms with Crippen LogP contribution in [-0.2, 0) is 14.3 Å². The number of amides is 2. The van der Waals surface area contributed by atoms with Crippen molar-refractivity contribution in [2.45, 2.75) is 18.5 Å². The van der Waals surface area contributed by atoms with Crippen molar-refractivity contribution in [1.82, 2.24) is 9.80 Å². The predicted molar refractivity (Wildman–Crippen MR) is 173 cm³/mol. The van der Waals surface area contributed by atoms with Gasteiger partial charge in [-0.25, -0.2) is 9.69 Å². The van der Waals surface area contributed by atoms with Crippen molar-refractivity contribution in [3.8, 4) is 5.75 Å². The summed E-state index contributed by atoms with van der Waals surface area (Å²) in [7, 11) is 1.51. The van der Waals surface area contributed by atoms with Gasteiger partial charge >= 0.3 is 5.97 Å². The molecule has 234 valence electrons. The molecule has 1 atom stereocenters. The first-order valence-electron chi connectivity index (χ1n) is 15.3. The van der Waals surface area contributed by atoms with Crippen molar-refractivity contribution in [3.05, 3.63) is 131 Å². The molecule has 0 aromatic heterocycles. The molecule has 0 spiro atoms. The number of Topliss-reactive ketones (excluding diaryl/α,β-unsaturated/α-hetero) is 1. The third-order valence-electron chi connectivity index (χ3n) is 8.60. The molecule has 1 unspecified atom stereocenters. The SMILES string of the molecule is COc1cccc(C(=O)COC(=O)c2ccc(N3C(=O)CC(N4CCN(C(c5ccccc5)c5ccccc5)CC4)C3=O)cc2)c1. The van der Waals surface area contributed by atoms with Crippen molar-refractivity contribution in [1.29, 1.82) is 0 Å². The zero-order valence-corrected chi connectivity index (χ0v) is 25.6. The molecule has 0 saturated carbocycles. The first kappa shape index (κ1) is 30.9. The number of ether oxygens (including phenoxy) is 2. The Kier molecular flexibility index (Phi) is 9.33. The minimum Gasteiger partial charge on any atom is -0.497 e. The second-order valence-electron chi connectivity index (χ2n) is 11.4. The topological polar surface area (TPSA) is 96.5 Å². The van der Waals surface area contributed by atoms with E-state index in [1.165, 1.54) is 35.3 Å². The summed E-state index contributed by atoms with van der Waals surface area (Å²) in [5, 5.41) is 0. The molecule has 4 aromatic carbocycles. The van der Waals surface area contributed by atoms with Crippen LogP contribution in [0.1, 0.15) is 44.3 Å². The number of rotatable bonds is 10. The molecule has 9 nitrogen and oxygen atoms in total. The molecule has 6 rings (SSSR count). The average molecular weight is 618 g/mol. The lowest BCUT2D eigenvalue weighted by Gasteiger charge is -2.41. The summed E-state index contributed by atoms with van der Waals surface area (Å²) in [5.41, 5.74) is 3.41. The maximum atomic E-state index is 13.6. The number of anilines is 1. The Hall–Kier alpha value is -5.12. The van der Waals surface area contributed by atoms with Gasteiger partial charge in [-0.1, -0.05) is 72.8 Å². The average Bonchev–Trinajstić information content (AvgIpc) is 3.41. The summed E-state index contributed by atoms with van der Waals surface area (Å²) in [6.07, 6.45) is 0.107. The number of nitrogens with zero attached hydrogens (tertiary/aromatic N) is 3. The van der Waals surface area contributed by atoms with E-state index >= 15 is 0 Å². The van der Waals surface area contributed by atoms with Gasteiger partial charge in [0, 0.05) is 31.7 Å². The Balaban J connectivity index is 1.06. The standard InChI is InChI=1S/C37H35N3O6/c1-45-31-14-8-13-29(23-31)33(41)25-46-37(44)28-15-17-30(18-16-28)40-34(42)24-32(36(40)43)38-19-21-39(22-20-38)35(26-9-4-2-5-10-26)27-11-6-3-7-12-27/h2-18,23,32,35H,19-22,24-25H2,1H3. The number of piperazine rings is 1. The lowest BCUT2D eigenvalue weighted by molar-refractivity contribution is -0.123. The second kappa shape index (κ2) is 13.9. The molecule has 2 fully saturated rings. The van der Waals surface area contributed by atoms with E-state index in [-0.39, 0.29) is 35.6 Å². The Morgan fingerprint density at radius 1 is 0.761 bits per heavy atom. The fourth-order valence-electron chi connectivity index (χ4n) is 6.21. The number of hydrogen-bond acceptors (Lipinski definition) is 8. The van der Waals surface area contributed by atoms with Gasteiger partial charge < -0.3 is 9.47 Å². The van der Waals surface area contributed by atoms with Crippen LogP contribution in [0.4, 0.5) is 5.69 Å². The number of benzene rings is 4. The number of ketones is 1. The van der Waals surface area contributed by atoms with E-state index in [9.17, 15) is 19.2 Å². The van der Waals surface area contributed by atoms with Crippen molar-refractivity contribution in [2.75, 3.05) is 44.8 Å². The fourth-order valence-corrected chi connectivity index (χ4v) is 6.21. The smallest absolute Gasteiger partial charge is 0.338 e. The largest absolute Gasteiger partial charge is 0.497 e. The van der Waals surface area contributed by atoms with E-state index in [0.29, 0.717) is 30.1 Å². The predicted octanol–water partition coefficient (Wildman–Crippen LogP) is 4.77. The monoisotopic (exact) mass is 617 g/mol. The molecule has 46 heavy (non-hydrogen) atoms. The van der Waals surface area contributed by atoms with Gasteiger partial charge in [-0.2, -0.15) is 0 Å². The molecule has 4 aromatic rings. The highest BCUT2D eigenvalue weighted by Crippen LogP contribution is 2.32. The van der Waals surface area contributed by atoms with Gasteiger partial charge in [-0.15, -0.1) is 0 Å². The number of carbonyl (C=O) groups excluding carboxylic acids is 4. The van der Waals surface area contributed by atoms with Gasteiger partial charge in [0.05, 0.1) is 36.9 Å². The van der Waals surface area contributed by atoms with Crippen molar-refractivity contribution < 1.29 is 28.7 Å². The van der Waals surface area contributed by atoms with Crippen LogP contribution in [-0.4, -0.2) is 79.3 Å². The Labute approximate surface area is 267 Å². The summed E-state index contributed by atoms with van der Waals surface area (Å²) in [6.45, 7) is 2.40. The number of carbonyl (C=O) groups is 4. The molecule has 2 aliphatic heterocycles. The molecule has 2 heterocycles. The molecule has 2 aliphatic rings. The van der Waals surface area contributed by atoms with Gasteiger partial charge in [-0.05, 0) is 47.5 Å². The van der Waals surface area contributed by atoms with Crippen molar-refractivity contribution in [2.24, 2.45) is 0 Å². The molecule has 0 radical (unpaired) electrons. The van der Waals surface area contributed by atoms with E-state index in [4.69, 9.17) is 9.47 Å². The Bertz CT molecular complexity index is 1660. The highest BCUT2D eigenvalue weighted by atomic mass is 16.5. The molecule has 2 saturated heterocycles. The van der Waals surface area contributed by atoms with E-state index < -0.39 is 18.6 Å². The highest BCUT2D eigenvalue weighted by molar-refractivity contribution is 6.22. The van der Waals surface area contributed by atoms with Crippen LogP contribution in [0, 0.1) is 0 Å². The van der Waals surface area contributed by atoms with E-state index in [1.54, 1.807) is 36.4 Å². The van der Waals surface area contributed by atoms with Crippen molar-refractivity contribution in [3.63, 3.8) is 0 Å². The molecule has 0 aliphatic carbocycles. The molecular formula is C37H35N3O6. The quantitative estimate of drug-likeness (QED) is 0.143. The minimum absolute atomic E-state index is 0.104. The van der Waals surface area contributed by atoms with Crippen LogP contribution < -0.4 is 9.64 Å². The number of esters is 1. The summed E-state index contributed by atoms with van der Waals surface area (Å²) < 4.78 is 10.4. The van der Waals surface area contributed by atoms with Gasteiger partial charge in [0.15, 0.2) is 12.4 Å². The summed E-state index contributed by atoms with van der Waals surface area (Å²) >= 11 is 0. The maximum absolute atomic E-state index is 13.6. The first-order chi connectivity index (χ1) is 22.4. The molecule has 0 N–H and O–H groups in total. The summed E-state index contributed by atoms with van der Waals surface area (Å²) in [4.78, 5) is 57.5. The van der Waals surface area contributed by atoms with E-state index in [2.05, 4.69) is 58.3 Å². The van der Waals surface area contributed by atoms with Crippen LogP contribution in [0.3, 0.4) is 0 Å². The van der Waals surface area contributed by atoms with Gasteiger partial charge in [0.1, 0.15) is 5.75 Å². The van der Waals surface area contributed by atoms with Crippen LogP contribution in [0.15, 0.2) is 109 Å². The summed E-state index contributed by atoms with van der Waals surface area (Å²) in [5.74, 6) is -1.05. The highest BCUT2D eigenvalue weighted by Gasteiger charge is 2.44. The number of imide groups is 1. The Morgan fingerprint density at radius 3 is 2.00 bits per heavy atom. The molecule has 9 heteroatoms. The van der Waals surface area contributed by atoms with Gasteiger partial charge in [-0.3, -0.25) is 24.2 Å². The third kappa shape index (κ3) is 6.61. The van der Waals surface area contributed by atoms with Gasteiger partial charge in [0.2, 0.25) is 5.91 Å². The Morgan fingerprint density at radius 2 is 1.39 bits per heavy atom. The number of methoxy groups -OCH3 is 1. The zero-order chi connectivity index (χ0) is 32.0. The summed E-state index contributed by atoms with van der Waals surface area (Å²) in [6, 6.07) is 33.1. The normalized spacial score (nSPS) is 17.3. The minimum atomic E-state index is -0.679. The van der Waals surface area contributed by atoms with Crippen LogP contribution in [0.2, 0.25) is 0 Å². The first-order valence-corrected chi connectivity index (χ1v) is 15.3. The lowest BCUT2D eigenvalue weighted by Crippen LogP contribution is -2.53. The van der Waals surface area contributed by atoms with Crippen molar-refractivity contribution >= 4 is 29.3 Å². The maximum Gasteiger partial charge on any atom is 0.338 e. The zero-order valence-electron chi connectivity index (χ0n) is 25.6. The van der Waals surface area contributed by atoms with Crippen LogP contribution in [0.5, 0.6) is 5.75 Å². The molecule has 2 amide bonds. The fraction of sp³-hybridized carbons (Fsp3) is 0.243.